The molecule has 2 fully saturated rings. The Balaban J connectivity index is 1.38. The number of rotatable bonds is 3. The highest BCUT2D eigenvalue weighted by Gasteiger charge is 2.51. The Bertz CT molecular complexity index is 787. The first-order valence-corrected chi connectivity index (χ1v) is 8.98. The fourth-order valence-corrected chi connectivity index (χ4v) is 4.09. The lowest BCUT2D eigenvalue weighted by molar-refractivity contribution is -0.219. The van der Waals surface area contributed by atoms with E-state index in [4.69, 9.17) is 14.0 Å². The van der Waals surface area contributed by atoms with Gasteiger partial charge in [0.1, 0.15) is 17.1 Å². The minimum Gasteiger partial charge on any atom is -0.378 e. The van der Waals surface area contributed by atoms with Gasteiger partial charge in [0.05, 0.1) is 25.5 Å². The molecule has 8 nitrogen and oxygen atoms in total. The third kappa shape index (κ3) is 2.51. The largest absolute Gasteiger partial charge is 0.378 e. The van der Waals surface area contributed by atoms with Crippen molar-refractivity contribution in [2.24, 2.45) is 5.92 Å². The van der Waals surface area contributed by atoms with Crippen molar-refractivity contribution in [2.45, 2.75) is 63.6 Å². The van der Waals surface area contributed by atoms with Crippen LogP contribution in [0.3, 0.4) is 0 Å². The fraction of sp³-hybridized carbons (Fsp3) is 0.706. The normalized spacial score (nSPS) is 34.2. The van der Waals surface area contributed by atoms with Gasteiger partial charge in [0.2, 0.25) is 0 Å². The Morgan fingerprint density at radius 2 is 2.32 bits per heavy atom. The Labute approximate surface area is 145 Å². The van der Waals surface area contributed by atoms with Crippen molar-refractivity contribution in [3.63, 3.8) is 0 Å². The van der Waals surface area contributed by atoms with Crippen LogP contribution in [0.2, 0.25) is 0 Å². The predicted molar refractivity (Wildman–Crippen MR) is 84.6 cm³/mol. The highest BCUT2D eigenvalue weighted by Crippen LogP contribution is 2.41. The standard InChI is InChI=1S/C17H22N4O4/c1-10-2-3-14-12(6-10)13(19-25-14)7-21-8-15(18-20-21)17(22)5-4-11-9-23-16(17)24-11/h8,10-11,16,22H,2-7,9H2,1H3/t10?,11-,16+,17?/m0/s1. The maximum atomic E-state index is 11.0. The number of hydrogen-bond acceptors (Lipinski definition) is 7. The molecule has 2 bridgehead atoms. The summed E-state index contributed by atoms with van der Waals surface area (Å²) >= 11 is 0. The Kier molecular flexibility index (Phi) is 3.48. The topological polar surface area (TPSA) is 95.4 Å². The minimum absolute atomic E-state index is 0.0870. The lowest BCUT2D eigenvalue weighted by atomic mass is 9.88. The Morgan fingerprint density at radius 1 is 1.40 bits per heavy atom. The van der Waals surface area contributed by atoms with Crippen molar-refractivity contribution in [3.05, 3.63) is 28.9 Å². The smallest absolute Gasteiger partial charge is 0.192 e. The van der Waals surface area contributed by atoms with Gasteiger partial charge in [0, 0.05) is 12.0 Å². The lowest BCUT2D eigenvalue weighted by Crippen LogP contribution is -2.44. The molecule has 2 saturated heterocycles. The molecule has 2 aromatic heterocycles. The van der Waals surface area contributed by atoms with Gasteiger partial charge in [-0.05, 0) is 31.6 Å². The van der Waals surface area contributed by atoms with Gasteiger partial charge in [-0.3, -0.25) is 0 Å². The maximum absolute atomic E-state index is 11.0. The molecule has 0 saturated carbocycles. The number of aromatic nitrogens is 4. The summed E-state index contributed by atoms with van der Waals surface area (Å²) in [5.41, 5.74) is 1.37. The first-order chi connectivity index (χ1) is 12.1. The number of aliphatic hydroxyl groups is 1. The number of ether oxygens (including phenoxy) is 2. The van der Waals surface area contributed by atoms with Crippen LogP contribution in [0.4, 0.5) is 0 Å². The first kappa shape index (κ1) is 15.5. The van der Waals surface area contributed by atoms with Gasteiger partial charge in [-0.1, -0.05) is 17.3 Å². The second-order valence-corrected chi connectivity index (χ2v) is 7.57. The monoisotopic (exact) mass is 346 g/mol. The second-order valence-electron chi connectivity index (χ2n) is 7.57. The van der Waals surface area contributed by atoms with Gasteiger partial charge >= 0.3 is 0 Å². The summed E-state index contributed by atoms with van der Waals surface area (Å²) in [5, 5.41) is 23.6. The lowest BCUT2D eigenvalue weighted by Gasteiger charge is -2.34. The van der Waals surface area contributed by atoms with Crippen LogP contribution < -0.4 is 0 Å². The zero-order valence-corrected chi connectivity index (χ0v) is 14.2. The van der Waals surface area contributed by atoms with Crippen molar-refractivity contribution in [3.8, 4) is 0 Å². The van der Waals surface area contributed by atoms with Crippen molar-refractivity contribution in [1.29, 1.82) is 0 Å². The molecule has 8 heteroatoms. The molecule has 2 aliphatic heterocycles. The van der Waals surface area contributed by atoms with E-state index in [1.165, 1.54) is 5.56 Å². The van der Waals surface area contributed by atoms with E-state index < -0.39 is 11.9 Å². The molecule has 134 valence electrons. The van der Waals surface area contributed by atoms with E-state index in [0.717, 1.165) is 37.1 Å². The van der Waals surface area contributed by atoms with Gasteiger partial charge in [-0.25, -0.2) is 4.68 Å². The molecular formula is C17H22N4O4. The summed E-state index contributed by atoms with van der Waals surface area (Å²) in [7, 11) is 0. The zero-order chi connectivity index (χ0) is 17.0. The summed E-state index contributed by atoms with van der Waals surface area (Å²) in [6.07, 6.45) is 5.60. The molecule has 25 heavy (non-hydrogen) atoms. The molecule has 1 N–H and O–H groups in total. The van der Waals surface area contributed by atoms with Crippen molar-refractivity contribution in [2.75, 3.05) is 6.61 Å². The fourth-order valence-electron chi connectivity index (χ4n) is 4.09. The maximum Gasteiger partial charge on any atom is 0.192 e. The van der Waals surface area contributed by atoms with Crippen molar-refractivity contribution >= 4 is 0 Å². The van der Waals surface area contributed by atoms with Crippen LogP contribution in [0.5, 0.6) is 0 Å². The Morgan fingerprint density at radius 3 is 3.24 bits per heavy atom. The van der Waals surface area contributed by atoms with E-state index in [0.29, 0.717) is 31.2 Å². The average Bonchev–Trinajstić information content (AvgIpc) is 3.32. The van der Waals surface area contributed by atoms with Crippen LogP contribution in [-0.2, 0) is 34.5 Å². The van der Waals surface area contributed by atoms with Gasteiger partial charge in [-0.15, -0.1) is 5.10 Å². The highest BCUT2D eigenvalue weighted by molar-refractivity contribution is 5.26. The quantitative estimate of drug-likeness (QED) is 0.891. The van der Waals surface area contributed by atoms with Gasteiger partial charge < -0.3 is 19.1 Å². The molecule has 5 rings (SSSR count). The zero-order valence-electron chi connectivity index (χ0n) is 14.2. The molecular weight excluding hydrogens is 324 g/mol. The van der Waals surface area contributed by atoms with E-state index in [2.05, 4.69) is 22.4 Å². The minimum atomic E-state index is -1.23. The number of hydrogen-bond donors (Lipinski definition) is 1. The average molecular weight is 346 g/mol. The van der Waals surface area contributed by atoms with E-state index >= 15 is 0 Å². The molecule has 0 aromatic carbocycles. The number of fused-ring (bicyclic) bond motifs is 3. The van der Waals surface area contributed by atoms with E-state index in [9.17, 15) is 5.11 Å². The molecule has 2 unspecified atom stereocenters. The molecule has 2 aromatic rings. The van der Waals surface area contributed by atoms with Crippen LogP contribution in [0.15, 0.2) is 10.7 Å². The molecule has 0 spiro atoms. The second kappa shape index (κ2) is 5.62. The summed E-state index contributed by atoms with van der Waals surface area (Å²) < 4.78 is 18.5. The predicted octanol–water partition coefficient (Wildman–Crippen LogP) is 1.16. The van der Waals surface area contributed by atoms with Gasteiger partial charge in [-0.2, -0.15) is 0 Å². The molecule has 3 aliphatic rings. The van der Waals surface area contributed by atoms with Crippen molar-refractivity contribution in [1.82, 2.24) is 20.2 Å². The SMILES string of the molecule is CC1CCc2onc(Cn3cc(C4(O)CC[C@H]5CO[C@@H]4O5)nn3)c2C1. The summed E-state index contributed by atoms with van der Waals surface area (Å²) in [5.74, 6) is 1.64. The number of aryl methyl sites for hydroxylation is 1. The summed E-state index contributed by atoms with van der Waals surface area (Å²) in [4.78, 5) is 0. The van der Waals surface area contributed by atoms with Crippen LogP contribution in [0.25, 0.3) is 0 Å². The van der Waals surface area contributed by atoms with Gasteiger partial charge in [0.25, 0.3) is 0 Å². The van der Waals surface area contributed by atoms with Crippen LogP contribution in [-0.4, -0.2) is 44.3 Å². The van der Waals surface area contributed by atoms with Crippen LogP contribution >= 0.6 is 0 Å². The third-order valence-corrected chi connectivity index (χ3v) is 5.65. The molecule has 0 amide bonds. The van der Waals surface area contributed by atoms with E-state index in [1.807, 2.05) is 0 Å². The molecule has 0 radical (unpaired) electrons. The van der Waals surface area contributed by atoms with Crippen LogP contribution in [0, 0.1) is 5.92 Å². The van der Waals surface area contributed by atoms with E-state index in [-0.39, 0.29) is 6.10 Å². The van der Waals surface area contributed by atoms with E-state index in [1.54, 1.807) is 10.9 Å². The summed E-state index contributed by atoms with van der Waals surface area (Å²) in [6, 6.07) is 0. The van der Waals surface area contributed by atoms with Gasteiger partial charge in [0.15, 0.2) is 11.9 Å². The van der Waals surface area contributed by atoms with Crippen molar-refractivity contribution < 1.29 is 19.1 Å². The number of nitrogens with zero attached hydrogens (tertiary/aromatic N) is 4. The third-order valence-electron chi connectivity index (χ3n) is 5.65. The Hall–Kier alpha value is -1.77. The molecule has 1 aliphatic carbocycles. The first-order valence-electron chi connectivity index (χ1n) is 8.98. The van der Waals surface area contributed by atoms with Crippen LogP contribution in [0.1, 0.15) is 48.9 Å². The summed E-state index contributed by atoms with van der Waals surface area (Å²) in [6.45, 7) is 3.27. The highest BCUT2D eigenvalue weighted by atomic mass is 16.7. The molecule has 4 atom stereocenters. The molecule has 4 heterocycles.